The summed E-state index contributed by atoms with van der Waals surface area (Å²) in [7, 11) is 0. The van der Waals surface area contributed by atoms with Crippen molar-refractivity contribution in [1.29, 1.82) is 0 Å². The first-order chi connectivity index (χ1) is 12.6. The zero-order chi connectivity index (χ0) is 18.4. The number of anilines is 1. The van der Waals surface area contributed by atoms with Gasteiger partial charge in [0.2, 0.25) is 0 Å². The summed E-state index contributed by atoms with van der Waals surface area (Å²) in [6.07, 6.45) is 0. The minimum absolute atomic E-state index is 0.275. The van der Waals surface area contributed by atoms with Gasteiger partial charge in [0.25, 0.3) is 0 Å². The fourth-order valence-electron chi connectivity index (χ4n) is 2.43. The monoisotopic (exact) mass is 367 g/mol. The van der Waals surface area contributed by atoms with Crippen molar-refractivity contribution in [3.63, 3.8) is 0 Å². The Morgan fingerprint density at radius 1 is 0.962 bits per heavy atom. The molecule has 0 spiro atoms. The fourth-order valence-corrected chi connectivity index (χ4v) is 2.64. The highest BCUT2D eigenvalue weighted by atomic mass is 35.5. The summed E-state index contributed by atoms with van der Waals surface area (Å²) in [4.78, 5) is 10.8. The molecule has 2 N–H and O–H groups in total. The molecule has 0 saturated heterocycles. The van der Waals surface area contributed by atoms with Gasteiger partial charge < -0.3 is 15.2 Å². The predicted octanol–water partition coefficient (Wildman–Crippen LogP) is 5.23. The van der Waals surface area contributed by atoms with Gasteiger partial charge in [-0.1, -0.05) is 35.9 Å². The topological polar surface area (TPSA) is 58.6 Å². The molecule has 0 fully saturated rings. The van der Waals surface area contributed by atoms with Gasteiger partial charge >= 0.3 is 5.97 Å². The molecule has 0 aliphatic rings. The van der Waals surface area contributed by atoms with E-state index in [-0.39, 0.29) is 5.56 Å². The molecule has 26 heavy (non-hydrogen) atoms. The molecular formula is C21H18ClNO3. The summed E-state index contributed by atoms with van der Waals surface area (Å²) in [5.74, 6) is -0.135. The third kappa shape index (κ3) is 5.01. The van der Waals surface area contributed by atoms with E-state index >= 15 is 0 Å². The van der Waals surface area contributed by atoms with Crippen molar-refractivity contribution in [2.24, 2.45) is 0 Å². The van der Waals surface area contributed by atoms with Crippen molar-refractivity contribution in [3.05, 3.63) is 94.5 Å². The minimum atomic E-state index is -0.926. The van der Waals surface area contributed by atoms with Gasteiger partial charge in [0.1, 0.15) is 12.4 Å². The molecule has 0 bridgehead atoms. The fraction of sp³-hybridized carbons (Fsp3) is 0.0952. The third-order valence-corrected chi connectivity index (χ3v) is 4.08. The second-order valence-corrected chi connectivity index (χ2v) is 6.24. The maximum atomic E-state index is 10.8. The number of ether oxygens (including phenoxy) is 1. The summed E-state index contributed by atoms with van der Waals surface area (Å²) in [6.45, 7) is 1.11. The molecule has 4 nitrogen and oxygen atoms in total. The molecule has 3 rings (SSSR count). The summed E-state index contributed by atoms with van der Waals surface area (Å²) >= 11 is 5.97. The number of carboxylic acids is 1. The number of hydrogen-bond donors (Lipinski definition) is 2. The van der Waals surface area contributed by atoms with Gasteiger partial charge in [0, 0.05) is 17.3 Å². The van der Waals surface area contributed by atoms with Crippen LogP contribution in [0.3, 0.4) is 0 Å². The molecule has 0 aromatic heterocycles. The lowest BCUT2D eigenvalue weighted by molar-refractivity contribution is 0.0697. The molecule has 0 aliphatic carbocycles. The Balaban J connectivity index is 1.51. The maximum Gasteiger partial charge on any atom is 0.335 e. The van der Waals surface area contributed by atoms with Crippen molar-refractivity contribution >= 4 is 23.3 Å². The Morgan fingerprint density at radius 2 is 1.69 bits per heavy atom. The van der Waals surface area contributed by atoms with E-state index in [2.05, 4.69) is 5.32 Å². The van der Waals surface area contributed by atoms with Crippen LogP contribution in [0.5, 0.6) is 5.75 Å². The Morgan fingerprint density at radius 3 is 2.35 bits per heavy atom. The first-order valence-electron chi connectivity index (χ1n) is 8.13. The highest BCUT2D eigenvalue weighted by Gasteiger charge is 2.02. The lowest BCUT2D eigenvalue weighted by Crippen LogP contribution is -2.01. The van der Waals surface area contributed by atoms with E-state index in [1.54, 1.807) is 24.3 Å². The second kappa shape index (κ2) is 8.41. The SMILES string of the molecule is O=C(O)c1ccc(NCc2ccc(OCc3cccc(Cl)c3)cc2)cc1. The number of aromatic carboxylic acids is 1. The molecule has 3 aromatic carbocycles. The third-order valence-electron chi connectivity index (χ3n) is 3.85. The molecule has 0 atom stereocenters. The minimum Gasteiger partial charge on any atom is -0.489 e. The van der Waals surface area contributed by atoms with E-state index in [9.17, 15) is 4.79 Å². The zero-order valence-electron chi connectivity index (χ0n) is 14.0. The summed E-state index contributed by atoms with van der Waals surface area (Å²) in [5, 5.41) is 12.9. The average Bonchev–Trinajstić information content (AvgIpc) is 2.66. The molecule has 0 unspecified atom stereocenters. The summed E-state index contributed by atoms with van der Waals surface area (Å²) in [6, 6.07) is 22.1. The number of halogens is 1. The Hall–Kier alpha value is -2.98. The number of hydrogen-bond acceptors (Lipinski definition) is 3. The number of carbonyl (C=O) groups is 1. The van der Waals surface area contributed by atoms with Crippen LogP contribution >= 0.6 is 11.6 Å². The van der Waals surface area contributed by atoms with Gasteiger partial charge in [-0.3, -0.25) is 0 Å². The quantitative estimate of drug-likeness (QED) is 0.600. The standard InChI is InChI=1S/C21H18ClNO3/c22-18-3-1-2-16(12-18)14-26-20-10-4-15(5-11-20)13-23-19-8-6-17(7-9-19)21(24)25/h1-12,23H,13-14H2,(H,24,25). The number of carboxylic acid groups (broad SMARTS) is 1. The Labute approximate surface area is 157 Å². The summed E-state index contributed by atoms with van der Waals surface area (Å²) in [5.41, 5.74) is 3.27. The van der Waals surface area contributed by atoms with Crippen molar-refractivity contribution < 1.29 is 14.6 Å². The van der Waals surface area contributed by atoms with Crippen LogP contribution in [0.15, 0.2) is 72.8 Å². The van der Waals surface area contributed by atoms with Gasteiger partial charge in [-0.25, -0.2) is 4.79 Å². The maximum absolute atomic E-state index is 10.8. The Bertz CT molecular complexity index is 877. The van der Waals surface area contributed by atoms with E-state index in [0.29, 0.717) is 18.2 Å². The predicted molar refractivity (Wildman–Crippen MR) is 103 cm³/mol. The molecule has 0 heterocycles. The average molecular weight is 368 g/mol. The van der Waals surface area contributed by atoms with Crippen LogP contribution in [-0.2, 0) is 13.2 Å². The molecular weight excluding hydrogens is 350 g/mol. The molecule has 132 valence electrons. The van der Waals surface area contributed by atoms with E-state index in [0.717, 1.165) is 22.6 Å². The lowest BCUT2D eigenvalue weighted by atomic mass is 10.2. The van der Waals surface area contributed by atoms with Crippen LogP contribution in [0.25, 0.3) is 0 Å². The van der Waals surface area contributed by atoms with Crippen LogP contribution < -0.4 is 10.1 Å². The Kier molecular flexibility index (Phi) is 5.77. The van der Waals surface area contributed by atoms with Gasteiger partial charge in [-0.15, -0.1) is 0 Å². The zero-order valence-corrected chi connectivity index (χ0v) is 14.7. The molecule has 3 aromatic rings. The van der Waals surface area contributed by atoms with Crippen molar-refractivity contribution in [3.8, 4) is 5.75 Å². The van der Waals surface area contributed by atoms with Crippen LogP contribution in [0.4, 0.5) is 5.69 Å². The van der Waals surface area contributed by atoms with Gasteiger partial charge in [-0.05, 0) is 59.7 Å². The van der Waals surface area contributed by atoms with Crippen LogP contribution in [0, 0.1) is 0 Å². The van der Waals surface area contributed by atoms with Gasteiger partial charge in [0.05, 0.1) is 5.56 Å². The molecule has 0 radical (unpaired) electrons. The smallest absolute Gasteiger partial charge is 0.335 e. The first-order valence-corrected chi connectivity index (χ1v) is 8.51. The van der Waals surface area contributed by atoms with Crippen LogP contribution in [-0.4, -0.2) is 11.1 Å². The van der Waals surface area contributed by atoms with Gasteiger partial charge in [0.15, 0.2) is 0 Å². The van der Waals surface area contributed by atoms with E-state index < -0.39 is 5.97 Å². The number of benzene rings is 3. The first kappa shape index (κ1) is 17.8. The van der Waals surface area contributed by atoms with E-state index in [1.807, 2.05) is 48.5 Å². The molecule has 0 amide bonds. The molecule has 0 saturated carbocycles. The van der Waals surface area contributed by atoms with Crippen LogP contribution in [0.1, 0.15) is 21.5 Å². The lowest BCUT2D eigenvalue weighted by Gasteiger charge is -2.09. The number of rotatable bonds is 7. The van der Waals surface area contributed by atoms with E-state index in [1.165, 1.54) is 0 Å². The van der Waals surface area contributed by atoms with Crippen molar-refractivity contribution in [2.45, 2.75) is 13.2 Å². The normalized spacial score (nSPS) is 10.3. The second-order valence-electron chi connectivity index (χ2n) is 5.80. The molecule has 0 aliphatic heterocycles. The number of nitrogens with one attached hydrogen (secondary N) is 1. The molecule has 5 heteroatoms. The van der Waals surface area contributed by atoms with E-state index in [4.69, 9.17) is 21.4 Å². The van der Waals surface area contributed by atoms with Crippen LogP contribution in [0.2, 0.25) is 5.02 Å². The summed E-state index contributed by atoms with van der Waals surface area (Å²) < 4.78 is 5.77. The van der Waals surface area contributed by atoms with Crippen molar-refractivity contribution in [2.75, 3.05) is 5.32 Å². The van der Waals surface area contributed by atoms with Crippen molar-refractivity contribution in [1.82, 2.24) is 0 Å². The van der Waals surface area contributed by atoms with Gasteiger partial charge in [-0.2, -0.15) is 0 Å². The largest absolute Gasteiger partial charge is 0.489 e. The highest BCUT2D eigenvalue weighted by Crippen LogP contribution is 2.17. The highest BCUT2D eigenvalue weighted by molar-refractivity contribution is 6.30.